The minimum atomic E-state index is -0.719. The van der Waals surface area contributed by atoms with E-state index in [0.29, 0.717) is 6.54 Å². The quantitative estimate of drug-likeness (QED) is 0.788. The first-order valence-electron chi connectivity index (χ1n) is 6.12. The van der Waals surface area contributed by atoms with E-state index in [0.717, 1.165) is 19.5 Å². The summed E-state index contributed by atoms with van der Waals surface area (Å²) in [5, 5.41) is 8.88. The number of aliphatic carboxylic acids is 1. The molecular weight excluding hydrogens is 214 g/mol. The van der Waals surface area contributed by atoms with Crippen molar-refractivity contribution in [1.82, 2.24) is 4.90 Å². The Morgan fingerprint density at radius 3 is 2.53 bits per heavy atom. The highest BCUT2D eigenvalue weighted by Gasteiger charge is 2.14. The Morgan fingerprint density at radius 1 is 1.35 bits per heavy atom. The van der Waals surface area contributed by atoms with E-state index in [2.05, 4.69) is 24.0 Å². The summed E-state index contributed by atoms with van der Waals surface area (Å²) in [5.41, 5.74) is 1.30. The average molecular weight is 235 g/mol. The van der Waals surface area contributed by atoms with E-state index >= 15 is 0 Å². The topological polar surface area (TPSA) is 40.5 Å². The lowest BCUT2D eigenvalue weighted by Gasteiger charge is -2.22. The van der Waals surface area contributed by atoms with Crippen molar-refractivity contribution in [2.24, 2.45) is 5.92 Å². The molecule has 1 N–H and O–H groups in total. The number of hydrogen-bond acceptors (Lipinski definition) is 2. The second-order valence-corrected chi connectivity index (χ2v) is 4.37. The Morgan fingerprint density at radius 2 is 2.00 bits per heavy atom. The molecule has 1 rings (SSSR count). The molecule has 0 bridgehead atoms. The maximum absolute atomic E-state index is 10.8. The van der Waals surface area contributed by atoms with E-state index in [1.807, 2.05) is 18.2 Å². The van der Waals surface area contributed by atoms with Gasteiger partial charge in [-0.2, -0.15) is 0 Å². The SMILES string of the molecule is CCN(CCc1ccccc1)CC(C)C(=O)O. The van der Waals surface area contributed by atoms with Crippen LogP contribution < -0.4 is 0 Å². The van der Waals surface area contributed by atoms with E-state index in [1.165, 1.54) is 5.56 Å². The Bertz CT molecular complexity index is 337. The Labute approximate surface area is 103 Å². The van der Waals surface area contributed by atoms with Gasteiger partial charge in [-0.3, -0.25) is 4.79 Å². The highest BCUT2D eigenvalue weighted by molar-refractivity contribution is 5.69. The van der Waals surface area contributed by atoms with Gasteiger partial charge >= 0.3 is 5.97 Å². The monoisotopic (exact) mass is 235 g/mol. The minimum absolute atomic E-state index is 0.300. The predicted molar refractivity (Wildman–Crippen MR) is 69.1 cm³/mol. The van der Waals surface area contributed by atoms with E-state index in [1.54, 1.807) is 6.92 Å². The van der Waals surface area contributed by atoms with E-state index in [4.69, 9.17) is 5.11 Å². The summed E-state index contributed by atoms with van der Waals surface area (Å²) in [6.07, 6.45) is 0.973. The highest BCUT2D eigenvalue weighted by atomic mass is 16.4. The van der Waals surface area contributed by atoms with Crippen molar-refractivity contribution >= 4 is 5.97 Å². The smallest absolute Gasteiger partial charge is 0.307 e. The Kier molecular flexibility index (Phi) is 5.70. The molecule has 1 atom stereocenters. The van der Waals surface area contributed by atoms with E-state index in [-0.39, 0.29) is 5.92 Å². The fraction of sp³-hybridized carbons (Fsp3) is 0.500. The number of carboxylic acid groups (broad SMARTS) is 1. The maximum atomic E-state index is 10.8. The molecule has 3 heteroatoms. The largest absolute Gasteiger partial charge is 0.481 e. The summed E-state index contributed by atoms with van der Waals surface area (Å²) in [5.74, 6) is -1.02. The molecule has 1 aromatic carbocycles. The van der Waals surface area contributed by atoms with Crippen LogP contribution in [0.5, 0.6) is 0 Å². The second-order valence-electron chi connectivity index (χ2n) is 4.37. The third-order valence-electron chi connectivity index (χ3n) is 2.96. The molecule has 0 aliphatic heterocycles. The Balaban J connectivity index is 2.40. The minimum Gasteiger partial charge on any atom is -0.481 e. The zero-order valence-electron chi connectivity index (χ0n) is 10.6. The van der Waals surface area contributed by atoms with Crippen LogP contribution in [0.3, 0.4) is 0 Å². The molecule has 0 fully saturated rings. The number of nitrogens with zero attached hydrogens (tertiary/aromatic N) is 1. The van der Waals surface area contributed by atoms with Gasteiger partial charge < -0.3 is 10.0 Å². The van der Waals surface area contributed by atoms with Gasteiger partial charge in [-0.25, -0.2) is 0 Å². The van der Waals surface area contributed by atoms with Crippen molar-refractivity contribution in [2.45, 2.75) is 20.3 Å². The van der Waals surface area contributed by atoms with Crippen molar-refractivity contribution in [3.63, 3.8) is 0 Å². The van der Waals surface area contributed by atoms with Gasteiger partial charge in [0.25, 0.3) is 0 Å². The molecule has 94 valence electrons. The molecule has 17 heavy (non-hydrogen) atoms. The van der Waals surface area contributed by atoms with Crippen LogP contribution >= 0.6 is 0 Å². The highest BCUT2D eigenvalue weighted by Crippen LogP contribution is 2.04. The summed E-state index contributed by atoms with van der Waals surface area (Å²) in [7, 11) is 0. The van der Waals surface area contributed by atoms with Gasteiger partial charge in [-0.15, -0.1) is 0 Å². The fourth-order valence-electron chi connectivity index (χ4n) is 1.78. The summed E-state index contributed by atoms with van der Waals surface area (Å²) in [4.78, 5) is 13.0. The summed E-state index contributed by atoms with van der Waals surface area (Å²) in [6.45, 7) is 6.26. The first-order chi connectivity index (χ1) is 8.13. The normalized spacial score (nSPS) is 12.6. The molecule has 0 aliphatic rings. The van der Waals surface area contributed by atoms with Gasteiger partial charge in [-0.05, 0) is 18.5 Å². The molecule has 0 heterocycles. The molecule has 3 nitrogen and oxygen atoms in total. The van der Waals surface area contributed by atoms with Gasteiger partial charge in [-0.1, -0.05) is 44.2 Å². The Hall–Kier alpha value is -1.35. The van der Waals surface area contributed by atoms with Crippen LogP contribution in [-0.4, -0.2) is 35.6 Å². The number of likely N-dealkylation sites (N-methyl/N-ethyl adjacent to an activating group) is 1. The number of benzene rings is 1. The molecule has 0 saturated carbocycles. The molecule has 0 aliphatic carbocycles. The average Bonchev–Trinajstić information content (AvgIpc) is 2.35. The van der Waals surface area contributed by atoms with Crippen LogP contribution in [-0.2, 0) is 11.2 Å². The molecule has 0 radical (unpaired) electrons. The molecule has 1 aromatic rings. The van der Waals surface area contributed by atoms with Crippen molar-refractivity contribution in [3.05, 3.63) is 35.9 Å². The van der Waals surface area contributed by atoms with Crippen LogP contribution in [0.15, 0.2) is 30.3 Å². The lowest BCUT2D eigenvalue weighted by molar-refractivity contribution is -0.141. The third kappa shape index (κ3) is 5.00. The van der Waals surface area contributed by atoms with Gasteiger partial charge in [0.1, 0.15) is 0 Å². The van der Waals surface area contributed by atoms with Gasteiger partial charge in [0.15, 0.2) is 0 Å². The van der Waals surface area contributed by atoms with Crippen molar-refractivity contribution in [1.29, 1.82) is 0 Å². The lowest BCUT2D eigenvalue weighted by atomic mass is 10.1. The van der Waals surface area contributed by atoms with Crippen LogP contribution in [0.1, 0.15) is 19.4 Å². The molecule has 1 unspecified atom stereocenters. The number of carboxylic acids is 1. The number of carbonyl (C=O) groups is 1. The van der Waals surface area contributed by atoms with Crippen molar-refractivity contribution in [3.8, 4) is 0 Å². The van der Waals surface area contributed by atoms with Gasteiger partial charge in [0.05, 0.1) is 5.92 Å². The van der Waals surface area contributed by atoms with Crippen LogP contribution in [0.4, 0.5) is 0 Å². The molecule has 0 aromatic heterocycles. The summed E-state index contributed by atoms with van der Waals surface area (Å²) >= 11 is 0. The van der Waals surface area contributed by atoms with Gasteiger partial charge in [0.2, 0.25) is 0 Å². The zero-order valence-corrected chi connectivity index (χ0v) is 10.6. The number of hydrogen-bond donors (Lipinski definition) is 1. The summed E-state index contributed by atoms with van der Waals surface area (Å²) < 4.78 is 0. The van der Waals surface area contributed by atoms with Gasteiger partial charge in [0, 0.05) is 13.1 Å². The molecular formula is C14H21NO2. The van der Waals surface area contributed by atoms with Crippen LogP contribution in [0, 0.1) is 5.92 Å². The lowest BCUT2D eigenvalue weighted by Crippen LogP contribution is -2.33. The van der Waals surface area contributed by atoms with E-state index < -0.39 is 5.97 Å². The molecule has 0 spiro atoms. The molecule has 0 amide bonds. The van der Waals surface area contributed by atoms with E-state index in [9.17, 15) is 4.79 Å². The zero-order chi connectivity index (χ0) is 12.7. The summed E-state index contributed by atoms with van der Waals surface area (Å²) in [6, 6.07) is 10.3. The molecule has 0 saturated heterocycles. The van der Waals surface area contributed by atoms with Crippen LogP contribution in [0.2, 0.25) is 0 Å². The first kappa shape index (κ1) is 13.7. The standard InChI is InChI=1S/C14H21NO2/c1-3-15(11-12(2)14(16)17)10-9-13-7-5-4-6-8-13/h4-8,12H,3,9-11H2,1-2H3,(H,16,17). The van der Waals surface area contributed by atoms with Crippen molar-refractivity contribution < 1.29 is 9.90 Å². The third-order valence-corrected chi connectivity index (χ3v) is 2.96. The predicted octanol–water partition coefficient (Wildman–Crippen LogP) is 2.27. The van der Waals surface area contributed by atoms with Crippen molar-refractivity contribution in [2.75, 3.05) is 19.6 Å². The number of rotatable bonds is 7. The van der Waals surface area contributed by atoms with Crippen LogP contribution in [0.25, 0.3) is 0 Å². The first-order valence-corrected chi connectivity index (χ1v) is 6.12. The fourth-order valence-corrected chi connectivity index (χ4v) is 1.78. The second kappa shape index (κ2) is 7.07. The maximum Gasteiger partial charge on any atom is 0.307 e.